The van der Waals surface area contributed by atoms with Crippen molar-refractivity contribution < 1.29 is 19.8 Å². The van der Waals surface area contributed by atoms with E-state index in [1.165, 1.54) is 4.90 Å². The van der Waals surface area contributed by atoms with Crippen LogP contribution in [0, 0.1) is 0 Å². The molecule has 7 nitrogen and oxygen atoms in total. The highest BCUT2D eigenvalue weighted by atomic mass is 16.4. The first-order valence-electron chi connectivity index (χ1n) is 7.37. The van der Waals surface area contributed by atoms with Crippen molar-refractivity contribution >= 4 is 12.0 Å². The Labute approximate surface area is 126 Å². The highest BCUT2D eigenvalue weighted by Gasteiger charge is 2.32. The topological polar surface area (TPSA) is 84.3 Å². The van der Waals surface area contributed by atoms with Crippen LogP contribution in [-0.2, 0) is 4.79 Å². The van der Waals surface area contributed by atoms with Gasteiger partial charge in [0.1, 0.15) is 6.54 Å². The average Bonchev–Trinajstić information content (AvgIpc) is 2.60. The van der Waals surface area contributed by atoms with Crippen LogP contribution < -0.4 is 0 Å². The van der Waals surface area contributed by atoms with Gasteiger partial charge in [-0.2, -0.15) is 0 Å². The number of carbonyl (C=O) groups excluding carboxylic acids is 1. The number of β-amino-alcohol motifs (C(OH)–C–C–N with tert-alkyl or cyclic N) is 1. The number of hydrogen-bond donors (Lipinski definition) is 2. The van der Waals surface area contributed by atoms with E-state index in [1.54, 1.807) is 4.90 Å². The molecule has 7 heteroatoms. The highest BCUT2D eigenvalue weighted by molar-refractivity contribution is 5.81. The van der Waals surface area contributed by atoms with Gasteiger partial charge < -0.3 is 20.0 Å². The molecule has 0 atom stereocenters. The minimum Gasteiger partial charge on any atom is -0.480 e. The van der Waals surface area contributed by atoms with E-state index in [-0.39, 0.29) is 19.2 Å². The summed E-state index contributed by atoms with van der Waals surface area (Å²) in [7, 11) is 0. The highest BCUT2D eigenvalue weighted by Crippen LogP contribution is 2.17. The fourth-order valence-corrected chi connectivity index (χ4v) is 2.42. The minimum absolute atomic E-state index is 0.112. The van der Waals surface area contributed by atoms with Crippen LogP contribution in [-0.4, -0.2) is 88.3 Å². The third kappa shape index (κ3) is 5.51. The molecular weight excluding hydrogens is 274 g/mol. The summed E-state index contributed by atoms with van der Waals surface area (Å²) in [4.78, 5) is 28.8. The summed E-state index contributed by atoms with van der Waals surface area (Å²) in [5.74, 6) is -1.00. The predicted octanol–water partition coefficient (Wildman–Crippen LogP) is 0.292. The number of aliphatic hydroxyl groups is 1. The Morgan fingerprint density at radius 3 is 2.33 bits per heavy atom. The third-order valence-corrected chi connectivity index (χ3v) is 3.61. The molecule has 0 bridgehead atoms. The Kier molecular flexibility index (Phi) is 6.42. The van der Waals surface area contributed by atoms with Gasteiger partial charge in [0.05, 0.1) is 6.61 Å². The fraction of sp³-hybridized carbons (Fsp3) is 0.857. The molecule has 0 aromatic heterocycles. The molecule has 2 amide bonds. The molecule has 0 aromatic carbocycles. The number of hydrogen-bond acceptors (Lipinski definition) is 4. The zero-order chi connectivity index (χ0) is 16.0. The van der Waals surface area contributed by atoms with Gasteiger partial charge in [-0.1, -0.05) is 0 Å². The molecule has 0 aliphatic carbocycles. The van der Waals surface area contributed by atoms with Crippen LogP contribution in [0.2, 0.25) is 0 Å². The summed E-state index contributed by atoms with van der Waals surface area (Å²) in [5.41, 5.74) is -0.535. The Bertz CT molecular complexity index is 368. The molecule has 0 spiro atoms. The number of amides is 2. The van der Waals surface area contributed by atoms with Crippen LogP contribution in [0.4, 0.5) is 4.79 Å². The molecular formula is C14H27N3O4. The normalized spacial score (nSPS) is 17.4. The van der Waals surface area contributed by atoms with E-state index in [2.05, 4.69) is 4.90 Å². The van der Waals surface area contributed by atoms with Crippen molar-refractivity contribution in [3.8, 4) is 0 Å². The van der Waals surface area contributed by atoms with Crippen molar-refractivity contribution in [2.24, 2.45) is 0 Å². The molecule has 0 unspecified atom stereocenters. The molecule has 1 rings (SSSR count). The Balaban J connectivity index is 2.72. The standard InChI is InChI=1S/C14H27N3O4/c1-14(2,3)17(11-12(19)20)13(21)16-6-4-5-15(7-8-16)9-10-18/h18H,4-11H2,1-3H3,(H,19,20). The molecule has 0 saturated carbocycles. The number of carboxylic acid groups (broad SMARTS) is 1. The van der Waals surface area contributed by atoms with Crippen molar-refractivity contribution in [3.05, 3.63) is 0 Å². The second-order valence-electron chi connectivity index (χ2n) is 6.34. The number of nitrogens with zero attached hydrogens (tertiary/aromatic N) is 3. The molecule has 1 aliphatic heterocycles. The summed E-state index contributed by atoms with van der Waals surface area (Å²) >= 11 is 0. The van der Waals surface area contributed by atoms with E-state index in [0.29, 0.717) is 26.2 Å². The van der Waals surface area contributed by atoms with E-state index in [9.17, 15) is 9.59 Å². The number of rotatable bonds is 4. The van der Waals surface area contributed by atoms with Gasteiger partial charge in [0.25, 0.3) is 0 Å². The second kappa shape index (κ2) is 7.61. The quantitative estimate of drug-likeness (QED) is 0.780. The number of aliphatic carboxylic acids is 1. The van der Waals surface area contributed by atoms with Crippen LogP contribution in [0.1, 0.15) is 27.2 Å². The summed E-state index contributed by atoms with van der Waals surface area (Å²) < 4.78 is 0. The van der Waals surface area contributed by atoms with E-state index < -0.39 is 11.5 Å². The van der Waals surface area contributed by atoms with E-state index in [4.69, 9.17) is 10.2 Å². The van der Waals surface area contributed by atoms with E-state index in [1.807, 2.05) is 20.8 Å². The van der Waals surface area contributed by atoms with E-state index in [0.717, 1.165) is 13.0 Å². The first-order valence-corrected chi connectivity index (χ1v) is 7.37. The van der Waals surface area contributed by atoms with Crippen LogP contribution >= 0.6 is 0 Å². The van der Waals surface area contributed by atoms with Gasteiger partial charge in [0.2, 0.25) is 0 Å². The molecule has 21 heavy (non-hydrogen) atoms. The lowest BCUT2D eigenvalue weighted by Crippen LogP contribution is -2.54. The smallest absolute Gasteiger partial charge is 0.323 e. The van der Waals surface area contributed by atoms with Gasteiger partial charge in [-0.3, -0.25) is 9.69 Å². The van der Waals surface area contributed by atoms with E-state index >= 15 is 0 Å². The lowest BCUT2D eigenvalue weighted by Gasteiger charge is -2.38. The van der Waals surface area contributed by atoms with Gasteiger partial charge in [-0.25, -0.2) is 4.79 Å². The summed E-state index contributed by atoms with van der Waals surface area (Å²) in [6, 6.07) is -0.226. The predicted molar refractivity (Wildman–Crippen MR) is 79.2 cm³/mol. The average molecular weight is 301 g/mol. The first-order chi connectivity index (χ1) is 9.75. The van der Waals surface area contributed by atoms with Gasteiger partial charge in [-0.05, 0) is 33.7 Å². The largest absolute Gasteiger partial charge is 0.480 e. The summed E-state index contributed by atoms with van der Waals surface area (Å²) in [6.07, 6.45) is 0.830. The van der Waals surface area contributed by atoms with Crippen molar-refractivity contribution in [1.29, 1.82) is 0 Å². The zero-order valence-corrected chi connectivity index (χ0v) is 13.2. The molecule has 1 saturated heterocycles. The Morgan fingerprint density at radius 1 is 1.14 bits per heavy atom. The molecule has 1 aliphatic rings. The lowest BCUT2D eigenvalue weighted by molar-refractivity contribution is -0.138. The number of carboxylic acids is 1. The molecule has 0 aromatic rings. The minimum atomic E-state index is -1.00. The molecule has 0 radical (unpaired) electrons. The van der Waals surface area contributed by atoms with Crippen molar-refractivity contribution in [1.82, 2.24) is 14.7 Å². The molecule has 1 heterocycles. The number of urea groups is 1. The molecule has 122 valence electrons. The molecule has 1 fully saturated rings. The Morgan fingerprint density at radius 2 is 1.81 bits per heavy atom. The first kappa shape index (κ1) is 17.7. The second-order valence-corrected chi connectivity index (χ2v) is 6.34. The van der Waals surface area contributed by atoms with Gasteiger partial charge in [0, 0.05) is 31.7 Å². The summed E-state index contributed by atoms with van der Waals surface area (Å²) in [5, 5.41) is 18.0. The van der Waals surface area contributed by atoms with Gasteiger partial charge in [-0.15, -0.1) is 0 Å². The molecule has 2 N–H and O–H groups in total. The summed E-state index contributed by atoms with van der Waals surface area (Å²) in [6.45, 7) is 8.67. The third-order valence-electron chi connectivity index (χ3n) is 3.61. The number of carbonyl (C=O) groups is 2. The zero-order valence-electron chi connectivity index (χ0n) is 13.2. The van der Waals surface area contributed by atoms with Gasteiger partial charge >= 0.3 is 12.0 Å². The maximum absolute atomic E-state index is 12.6. The maximum atomic E-state index is 12.6. The maximum Gasteiger partial charge on any atom is 0.323 e. The lowest BCUT2D eigenvalue weighted by atomic mass is 10.1. The number of aliphatic hydroxyl groups excluding tert-OH is 1. The van der Waals surface area contributed by atoms with Crippen LogP contribution in [0.15, 0.2) is 0 Å². The monoisotopic (exact) mass is 301 g/mol. The fourth-order valence-electron chi connectivity index (χ4n) is 2.42. The van der Waals surface area contributed by atoms with Crippen molar-refractivity contribution in [3.63, 3.8) is 0 Å². The Hall–Kier alpha value is -1.34. The van der Waals surface area contributed by atoms with Crippen LogP contribution in [0.5, 0.6) is 0 Å². The van der Waals surface area contributed by atoms with Gasteiger partial charge in [0.15, 0.2) is 0 Å². The van der Waals surface area contributed by atoms with Crippen molar-refractivity contribution in [2.45, 2.75) is 32.7 Å². The van der Waals surface area contributed by atoms with Crippen LogP contribution in [0.25, 0.3) is 0 Å². The van der Waals surface area contributed by atoms with Crippen molar-refractivity contribution in [2.75, 3.05) is 45.9 Å². The van der Waals surface area contributed by atoms with Crippen LogP contribution in [0.3, 0.4) is 0 Å². The SMILES string of the molecule is CC(C)(C)N(CC(=O)O)C(=O)N1CCCN(CCO)CC1.